The zero-order valence-electron chi connectivity index (χ0n) is 10.0. The van der Waals surface area contributed by atoms with Crippen LogP contribution in [0.5, 0.6) is 0 Å². The lowest BCUT2D eigenvalue weighted by atomic mass is 9.98. The van der Waals surface area contributed by atoms with Gasteiger partial charge in [0.2, 0.25) is 0 Å². The predicted molar refractivity (Wildman–Crippen MR) is 59.6 cm³/mol. The lowest BCUT2D eigenvalue weighted by Crippen LogP contribution is -2.27. The Bertz CT molecular complexity index is 118. The highest BCUT2D eigenvalue weighted by molar-refractivity contribution is 4.59. The molecule has 0 radical (unpaired) electrons. The molecule has 0 heterocycles. The molecule has 0 aliphatic carbocycles. The van der Waals surface area contributed by atoms with Crippen LogP contribution in [0.4, 0.5) is 0 Å². The molecular formula is C11H25NO2. The normalized spacial score (nSPS) is 13.5. The van der Waals surface area contributed by atoms with E-state index in [0.29, 0.717) is 13.2 Å². The highest BCUT2D eigenvalue weighted by Gasteiger charge is 2.05. The third-order valence-electron chi connectivity index (χ3n) is 2.46. The van der Waals surface area contributed by atoms with Crippen molar-refractivity contribution < 1.29 is 9.47 Å². The van der Waals surface area contributed by atoms with Gasteiger partial charge in [-0.1, -0.05) is 20.8 Å². The second kappa shape index (κ2) is 9.44. The van der Waals surface area contributed by atoms with E-state index in [0.717, 1.165) is 31.5 Å². The second-order valence-corrected chi connectivity index (χ2v) is 4.03. The van der Waals surface area contributed by atoms with E-state index in [1.807, 2.05) is 0 Å². The minimum absolute atomic E-state index is 0.683. The van der Waals surface area contributed by atoms with Gasteiger partial charge in [0, 0.05) is 13.7 Å². The second-order valence-electron chi connectivity index (χ2n) is 4.03. The molecule has 0 saturated heterocycles. The van der Waals surface area contributed by atoms with Gasteiger partial charge in [0.15, 0.2) is 0 Å². The Morgan fingerprint density at radius 1 is 1.07 bits per heavy atom. The van der Waals surface area contributed by atoms with Gasteiger partial charge in [-0.2, -0.15) is 0 Å². The first-order valence-corrected chi connectivity index (χ1v) is 5.46. The van der Waals surface area contributed by atoms with Crippen molar-refractivity contribution in [2.24, 2.45) is 11.8 Å². The minimum Gasteiger partial charge on any atom is -0.382 e. The van der Waals surface area contributed by atoms with Gasteiger partial charge >= 0.3 is 0 Å². The summed E-state index contributed by atoms with van der Waals surface area (Å²) in [6.07, 6.45) is 0. The van der Waals surface area contributed by atoms with Crippen LogP contribution < -0.4 is 5.32 Å². The standard InChI is InChI=1S/C11H25NO2/c1-10(2)11(3)9-12-5-6-14-8-7-13-4/h10-12H,5-9H2,1-4H3. The molecule has 0 fully saturated rings. The Balaban J connectivity index is 3.06. The topological polar surface area (TPSA) is 30.5 Å². The zero-order valence-corrected chi connectivity index (χ0v) is 10.0. The average molecular weight is 203 g/mol. The fourth-order valence-electron chi connectivity index (χ4n) is 0.954. The maximum absolute atomic E-state index is 5.33. The molecule has 1 N–H and O–H groups in total. The molecule has 0 aromatic rings. The van der Waals surface area contributed by atoms with Crippen LogP contribution in [0.2, 0.25) is 0 Å². The van der Waals surface area contributed by atoms with Gasteiger partial charge in [-0.25, -0.2) is 0 Å². The maximum Gasteiger partial charge on any atom is 0.0700 e. The molecule has 14 heavy (non-hydrogen) atoms. The van der Waals surface area contributed by atoms with Crippen LogP contribution in [-0.4, -0.2) is 40.0 Å². The highest BCUT2D eigenvalue weighted by Crippen LogP contribution is 2.06. The first-order chi connectivity index (χ1) is 6.68. The highest BCUT2D eigenvalue weighted by atomic mass is 16.5. The number of ether oxygens (including phenoxy) is 2. The summed E-state index contributed by atoms with van der Waals surface area (Å²) < 4.78 is 10.2. The van der Waals surface area contributed by atoms with Gasteiger partial charge in [0.25, 0.3) is 0 Å². The smallest absolute Gasteiger partial charge is 0.0700 e. The third kappa shape index (κ3) is 8.48. The van der Waals surface area contributed by atoms with Crippen LogP contribution in [-0.2, 0) is 9.47 Å². The fourth-order valence-corrected chi connectivity index (χ4v) is 0.954. The van der Waals surface area contributed by atoms with Crippen LogP contribution in [0.15, 0.2) is 0 Å². The van der Waals surface area contributed by atoms with E-state index < -0.39 is 0 Å². The van der Waals surface area contributed by atoms with Gasteiger partial charge in [0.1, 0.15) is 0 Å². The predicted octanol–water partition coefficient (Wildman–Crippen LogP) is 1.53. The lowest BCUT2D eigenvalue weighted by molar-refractivity contribution is 0.0716. The monoisotopic (exact) mass is 203 g/mol. The molecule has 0 aliphatic heterocycles. The third-order valence-corrected chi connectivity index (χ3v) is 2.46. The maximum atomic E-state index is 5.33. The molecule has 3 heteroatoms. The number of nitrogens with one attached hydrogen (secondary N) is 1. The Labute approximate surface area is 88.2 Å². The number of hydrogen-bond acceptors (Lipinski definition) is 3. The molecule has 0 rings (SSSR count). The number of methoxy groups -OCH3 is 1. The molecule has 1 unspecified atom stereocenters. The molecular weight excluding hydrogens is 178 g/mol. The largest absolute Gasteiger partial charge is 0.382 e. The summed E-state index contributed by atoms with van der Waals surface area (Å²) in [6, 6.07) is 0. The van der Waals surface area contributed by atoms with Crippen LogP contribution in [0.3, 0.4) is 0 Å². The van der Waals surface area contributed by atoms with E-state index in [1.165, 1.54) is 0 Å². The Hall–Kier alpha value is -0.120. The SMILES string of the molecule is COCCOCCNCC(C)C(C)C. The number of hydrogen-bond donors (Lipinski definition) is 1. The Kier molecular flexibility index (Phi) is 9.35. The van der Waals surface area contributed by atoms with E-state index in [1.54, 1.807) is 7.11 Å². The van der Waals surface area contributed by atoms with E-state index in [2.05, 4.69) is 26.1 Å². The van der Waals surface area contributed by atoms with Gasteiger partial charge in [-0.3, -0.25) is 0 Å². The van der Waals surface area contributed by atoms with Crippen LogP contribution in [0, 0.1) is 11.8 Å². The van der Waals surface area contributed by atoms with Crippen molar-refractivity contribution in [2.45, 2.75) is 20.8 Å². The summed E-state index contributed by atoms with van der Waals surface area (Å²) in [4.78, 5) is 0. The molecule has 0 aromatic heterocycles. The molecule has 1 atom stereocenters. The molecule has 86 valence electrons. The summed E-state index contributed by atoms with van der Waals surface area (Å²) in [7, 11) is 1.69. The number of rotatable bonds is 9. The quantitative estimate of drug-likeness (QED) is 0.576. The summed E-state index contributed by atoms with van der Waals surface area (Å²) >= 11 is 0. The first-order valence-electron chi connectivity index (χ1n) is 5.46. The molecule has 0 bridgehead atoms. The van der Waals surface area contributed by atoms with Crippen molar-refractivity contribution in [3.63, 3.8) is 0 Å². The fraction of sp³-hybridized carbons (Fsp3) is 1.00. The van der Waals surface area contributed by atoms with E-state index in [-0.39, 0.29) is 0 Å². The zero-order chi connectivity index (χ0) is 10.8. The molecule has 0 amide bonds. The summed E-state index contributed by atoms with van der Waals surface area (Å²) in [5, 5.41) is 3.38. The van der Waals surface area contributed by atoms with E-state index >= 15 is 0 Å². The molecule has 0 aliphatic rings. The van der Waals surface area contributed by atoms with E-state index in [9.17, 15) is 0 Å². The molecule has 0 aromatic carbocycles. The Morgan fingerprint density at radius 3 is 2.36 bits per heavy atom. The van der Waals surface area contributed by atoms with E-state index in [4.69, 9.17) is 9.47 Å². The molecule has 0 spiro atoms. The summed E-state index contributed by atoms with van der Waals surface area (Å²) in [6.45, 7) is 10.9. The molecule has 3 nitrogen and oxygen atoms in total. The van der Waals surface area contributed by atoms with Crippen molar-refractivity contribution in [1.29, 1.82) is 0 Å². The van der Waals surface area contributed by atoms with Crippen LogP contribution >= 0.6 is 0 Å². The first kappa shape index (κ1) is 13.9. The van der Waals surface area contributed by atoms with Crippen molar-refractivity contribution in [3.8, 4) is 0 Å². The van der Waals surface area contributed by atoms with Gasteiger partial charge in [-0.05, 0) is 18.4 Å². The Morgan fingerprint density at radius 2 is 1.79 bits per heavy atom. The van der Waals surface area contributed by atoms with Crippen molar-refractivity contribution >= 4 is 0 Å². The summed E-state index contributed by atoms with van der Waals surface area (Å²) in [5.41, 5.74) is 0. The lowest BCUT2D eigenvalue weighted by Gasteiger charge is -2.15. The van der Waals surface area contributed by atoms with Crippen molar-refractivity contribution in [1.82, 2.24) is 5.32 Å². The van der Waals surface area contributed by atoms with Gasteiger partial charge < -0.3 is 14.8 Å². The summed E-state index contributed by atoms with van der Waals surface area (Å²) in [5.74, 6) is 1.48. The van der Waals surface area contributed by atoms with Crippen molar-refractivity contribution in [2.75, 3.05) is 40.0 Å². The van der Waals surface area contributed by atoms with Gasteiger partial charge in [-0.15, -0.1) is 0 Å². The van der Waals surface area contributed by atoms with Crippen molar-refractivity contribution in [3.05, 3.63) is 0 Å². The molecule has 0 saturated carbocycles. The average Bonchev–Trinajstić information content (AvgIpc) is 2.16. The van der Waals surface area contributed by atoms with Crippen LogP contribution in [0.25, 0.3) is 0 Å². The minimum atomic E-state index is 0.683. The van der Waals surface area contributed by atoms with Gasteiger partial charge in [0.05, 0.1) is 19.8 Å². The van der Waals surface area contributed by atoms with Crippen LogP contribution in [0.1, 0.15) is 20.8 Å².